The van der Waals surface area contributed by atoms with Crippen molar-refractivity contribution in [2.24, 2.45) is 11.7 Å². The summed E-state index contributed by atoms with van der Waals surface area (Å²) >= 11 is 0. The molecule has 13 heavy (non-hydrogen) atoms. The average Bonchev–Trinajstić information content (AvgIpc) is 2.10. The third-order valence-corrected chi connectivity index (χ3v) is 3.21. The minimum atomic E-state index is -0.314. The second-order valence-electron chi connectivity index (χ2n) is 4.13. The van der Waals surface area contributed by atoms with Gasteiger partial charge in [-0.15, -0.1) is 0 Å². The van der Waals surface area contributed by atoms with Crippen LogP contribution in [0, 0.1) is 5.92 Å². The Labute approximate surface area is 79.6 Å². The molecule has 0 spiro atoms. The lowest BCUT2D eigenvalue weighted by Crippen LogP contribution is -2.49. The zero-order chi connectivity index (χ0) is 9.90. The Morgan fingerprint density at radius 3 is 2.85 bits per heavy atom. The summed E-state index contributed by atoms with van der Waals surface area (Å²) in [5.41, 5.74) is 5.86. The van der Waals surface area contributed by atoms with Gasteiger partial charge >= 0.3 is 5.97 Å². The van der Waals surface area contributed by atoms with Crippen molar-refractivity contribution in [3.63, 3.8) is 0 Å². The summed E-state index contributed by atoms with van der Waals surface area (Å²) in [6.45, 7) is 2.13. The minimum Gasteiger partial charge on any atom is -0.469 e. The van der Waals surface area contributed by atoms with Crippen molar-refractivity contribution in [2.45, 2.75) is 44.6 Å². The minimum absolute atomic E-state index is 0.184. The first kappa shape index (κ1) is 10.5. The number of nitrogens with two attached hydrogens (primary N) is 1. The third kappa shape index (κ3) is 2.44. The fourth-order valence-electron chi connectivity index (χ4n) is 2.04. The SMILES string of the molecule is COC(=O)CC1(N)CCCCC1C. The highest BCUT2D eigenvalue weighted by molar-refractivity contribution is 5.70. The number of esters is 1. The molecule has 1 fully saturated rings. The fraction of sp³-hybridized carbons (Fsp3) is 0.900. The van der Waals surface area contributed by atoms with E-state index >= 15 is 0 Å². The van der Waals surface area contributed by atoms with E-state index < -0.39 is 0 Å². The van der Waals surface area contributed by atoms with Crippen LogP contribution >= 0.6 is 0 Å². The number of ether oxygens (including phenoxy) is 1. The lowest BCUT2D eigenvalue weighted by molar-refractivity contribution is -0.142. The molecule has 2 N–H and O–H groups in total. The van der Waals surface area contributed by atoms with Gasteiger partial charge in [-0.05, 0) is 18.8 Å². The molecule has 0 radical (unpaired) electrons. The molecular weight excluding hydrogens is 166 g/mol. The van der Waals surface area contributed by atoms with Crippen LogP contribution in [0.4, 0.5) is 0 Å². The van der Waals surface area contributed by atoms with E-state index in [4.69, 9.17) is 5.73 Å². The molecule has 1 aliphatic rings. The van der Waals surface area contributed by atoms with Crippen molar-refractivity contribution in [1.82, 2.24) is 0 Å². The van der Waals surface area contributed by atoms with Crippen molar-refractivity contribution in [2.75, 3.05) is 7.11 Å². The molecule has 2 atom stereocenters. The zero-order valence-electron chi connectivity index (χ0n) is 8.51. The smallest absolute Gasteiger partial charge is 0.307 e. The van der Waals surface area contributed by atoms with Crippen molar-refractivity contribution >= 4 is 5.97 Å². The highest BCUT2D eigenvalue weighted by Crippen LogP contribution is 2.34. The van der Waals surface area contributed by atoms with E-state index in [9.17, 15) is 4.79 Å². The second-order valence-corrected chi connectivity index (χ2v) is 4.13. The maximum atomic E-state index is 11.1. The summed E-state index contributed by atoms with van der Waals surface area (Å²) in [4.78, 5) is 11.1. The van der Waals surface area contributed by atoms with Crippen molar-refractivity contribution < 1.29 is 9.53 Å². The fourth-order valence-corrected chi connectivity index (χ4v) is 2.04. The zero-order valence-corrected chi connectivity index (χ0v) is 8.51. The summed E-state index contributed by atoms with van der Waals surface area (Å²) in [5.74, 6) is 0.247. The highest BCUT2D eigenvalue weighted by Gasteiger charge is 2.36. The van der Waals surface area contributed by atoms with Gasteiger partial charge in [0.1, 0.15) is 0 Å². The molecule has 0 heterocycles. The molecule has 1 aliphatic carbocycles. The topological polar surface area (TPSA) is 52.3 Å². The predicted octanol–water partition coefficient (Wildman–Crippen LogP) is 1.46. The van der Waals surface area contributed by atoms with Crippen LogP contribution in [0.1, 0.15) is 39.0 Å². The first-order valence-electron chi connectivity index (χ1n) is 4.94. The van der Waals surface area contributed by atoms with E-state index in [-0.39, 0.29) is 11.5 Å². The number of carbonyl (C=O) groups excluding carboxylic acids is 1. The van der Waals surface area contributed by atoms with Crippen LogP contribution in [0.25, 0.3) is 0 Å². The molecule has 1 saturated carbocycles. The Balaban J connectivity index is 2.56. The largest absolute Gasteiger partial charge is 0.469 e. The van der Waals surface area contributed by atoms with Crippen LogP contribution < -0.4 is 5.73 Å². The van der Waals surface area contributed by atoms with E-state index in [1.54, 1.807) is 0 Å². The summed E-state index contributed by atoms with van der Waals surface area (Å²) in [7, 11) is 1.42. The number of hydrogen-bond donors (Lipinski definition) is 1. The number of rotatable bonds is 2. The van der Waals surface area contributed by atoms with Gasteiger partial charge in [-0.2, -0.15) is 0 Å². The van der Waals surface area contributed by atoms with Crippen molar-refractivity contribution in [3.05, 3.63) is 0 Å². The standard InChI is InChI=1S/C10H19NO2/c1-8-5-3-4-6-10(8,11)7-9(12)13-2/h8H,3-7,11H2,1-2H3. The molecule has 0 saturated heterocycles. The Morgan fingerprint density at radius 2 is 2.31 bits per heavy atom. The molecule has 76 valence electrons. The first-order valence-corrected chi connectivity index (χ1v) is 4.94. The molecular formula is C10H19NO2. The van der Waals surface area contributed by atoms with Crippen molar-refractivity contribution in [1.29, 1.82) is 0 Å². The molecule has 0 aromatic carbocycles. The molecule has 3 heteroatoms. The van der Waals surface area contributed by atoms with Crippen LogP contribution in [0.15, 0.2) is 0 Å². The summed E-state index contributed by atoms with van der Waals surface area (Å²) in [6, 6.07) is 0. The summed E-state index contributed by atoms with van der Waals surface area (Å²) in [6.07, 6.45) is 4.82. The molecule has 0 amide bonds. The highest BCUT2D eigenvalue weighted by atomic mass is 16.5. The molecule has 0 aliphatic heterocycles. The second kappa shape index (κ2) is 4.09. The normalized spacial score (nSPS) is 34.2. The van der Waals surface area contributed by atoms with Gasteiger partial charge in [0.15, 0.2) is 0 Å². The first-order chi connectivity index (χ1) is 6.08. The van der Waals surface area contributed by atoms with Crippen molar-refractivity contribution in [3.8, 4) is 0 Å². The molecule has 0 bridgehead atoms. The number of methoxy groups -OCH3 is 1. The van der Waals surface area contributed by atoms with E-state index in [1.165, 1.54) is 13.5 Å². The maximum Gasteiger partial charge on any atom is 0.307 e. The Kier molecular flexibility index (Phi) is 3.31. The molecule has 1 rings (SSSR count). The van der Waals surface area contributed by atoms with Gasteiger partial charge in [0.2, 0.25) is 0 Å². The van der Waals surface area contributed by atoms with Crippen LogP contribution in [0.2, 0.25) is 0 Å². The molecule has 0 aromatic heterocycles. The van der Waals surface area contributed by atoms with Crippen LogP contribution in [0.5, 0.6) is 0 Å². The lowest BCUT2D eigenvalue weighted by Gasteiger charge is -2.38. The van der Waals surface area contributed by atoms with Gasteiger partial charge in [-0.25, -0.2) is 0 Å². The lowest BCUT2D eigenvalue weighted by atomic mass is 9.72. The van der Waals surface area contributed by atoms with Gasteiger partial charge in [0.25, 0.3) is 0 Å². The number of hydrogen-bond acceptors (Lipinski definition) is 3. The van der Waals surface area contributed by atoms with E-state index in [1.807, 2.05) is 0 Å². The quantitative estimate of drug-likeness (QED) is 0.662. The van der Waals surface area contributed by atoms with Gasteiger partial charge in [0.05, 0.1) is 13.5 Å². The van der Waals surface area contributed by atoms with Gasteiger partial charge in [-0.1, -0.05) is 19.8 Å². The monoisotopic (exact) mass is 185 g/mol. The molecule has 3 nitrogen and oxygen atoms in total. The van der Waals surface area contributed by atoms with Crippen LogP contribution in [-0.4, -0.2) is 18.6 Å². The molecule has 2 unspecified atom stereocenters. The summed E-state index contributed by atoms with van der Waals surface area (Å²) in [5, 5.41) is 0. The van der Waals surface area contributed by atoms with E-state index in [0.29, 0.717) is 12.3 Å². The van der Waals surface area contributed by atoms with Gasteiger partial charge in [-0.3, -0.25) is 4.79 Å². The predicted molar refractivity (Wildman–Crippen MR) is 51.2 cm³/mol. The molecule has 0 aromatic rings. The van der Waals surface area contributed by atoms with E-state index in [0.717, 1.165) is 19.3 Å². The third-order valence-electron chi connectivity index (χ3n) is 3.21. The average molecular weight is 185 g/mol. The van der Waals surface area contributed by atoms with Crippen LogP contribution in [-0.2, 0) is 9.53 Å². The Bertz CT molecular complexity index is 193. The Hall–Kier alpha value is -0.570. The maximum absolute atomic E-state index is 11.1. The Morgan fingerprint density at radius 1 is 1.62 bits per heavy atom. The van der Waals surface area contributed by atoms with Gasteiger partial charge < -0.3 is 10.5 Å². The number of carbonyl (C=O) groups is 1. The van der Waals surface area contributed by atoms with E-state index in [2.05, 4.69) is 11.7 Å². The van der Waals surface area contributed by atoms with Crippen LogP contribution in [0.3, 0.4) is 0 Å². The van der Waals surface area contributed by atoms with Gasteiger partial charge in [0, 0.05) is 5.54 Å². The summed E-state index contributed by atoms with van der Waals surface area (Å²) < 4.78 is 4.65.